The summed E-state index contributed by atoms with van der Waals surface area (Å²) < 4.78 is 10.1. The molecular formula is C19H18N2O5S. The van der Waals surface area contributed by atoms with Gasteiger partial charge in [-0.05, 0) is 19.1 Å². The predicted octanol–water partition coefficient (Wildman–Crippen LogP) is 2.37. The molecule has 0 unspecified atom stereocenters. The quantitative estimate of drug-likeness (QED) is 0.556. The number of hydrogen-bond acceptors (Lipinski definition) is 7. The number of carbonyl (C=O) groups excluding carboxylic acids is 3. The fourth-order valence-corrected chi connectivity index (χ4v) is 3.49. The molecule has 1 amide bonds. The Kier molecular flexibility index (Phi) is 6.08. The summed E-state index contributed by atoms with van der Waals surface area (Å²) in [6, 6.07) is 10.9. The van der Waals surface area contributed by atoms with Crippen LogP contribution in [0.1, 0.15) is 17.4 Å². The predicted molar refractivity (Wildman–Crippen MR) is 101 cm³/mol. The highest BCUT2D eigenvalue weighted by Gasteiger charge is 2.27. The number of hydrogen-bond donors (Lipinski definition) is 0. The number of pyridine rings is 1. The minimum atomic E-state index is -0.559. The van der Waals surface area contributed by atoms with Crippen LogP contribution in [0, 0.1) is 0 Å². The second kappa shape index (κ2) is 8.68. The first-order chi connectivity index (χ1) is 13.1. The van der Waals surface area contributed by atoms with Crippen LogP contribution in [0.5, 0.6) is 0 Å². The lowest BCUT2D eigenvalue weighted by atomic mass is 10.2. The molecule has 0 radical (unpaired) electrons. The number of carbonyl (C=O) groups is 3. The first-order valence-corrected chi connectivity index (χ1v) is 9.41. The van der Waals surface area contributed by atoms with Crippen molar-refractivity contribution in [1.29, 1.82) is 0 Å². The van der Waals surface area contributed by atoms with E-state index in [1.54, 1.807) is 19.1 Å². The molecule has 1 saturated heterocycles. The van der Waals surface area contributed by atoms with E-state index in [9.17, 15) is 14.4 Å². The third-order valence-corrected chi connectivity index (χ3v) is 4.82. The Bertz CT molecular complexity index is 912. The van der Waals surface area contributed by atoms with E-state index in [1.165, 1.54) is 22.7 Å². The van der Waals surface area contributed by atoms with Gasteiger partial charge in [-0.25, -0.2) is 14.6 Å². The average Bonchev–Trinajstić information content (AvgIpc) is 3.01. The maximum atomic E-state index is 12.2. The number of nitrogens with zero attached hydrogens (tertiary/aromatic N) is 2. The molecule has 0 atom stereocenters. The molecule has 1 aromatic heterocycles. The zero-order valence-electron chi connectivity index (χ0n) is 14.7. The molecule has 0 aliphatic carbocycles. The zero-order valence-corrected chi connectivity index (χ0v) is 15.5. The summed E-state index contributed by atoms with van der Waals surface area (Å²) in [6.07, 6.45) is 1.28. The lowest BCUT2D eigenvalue weighted by Crippen LogP contribution is -2.29. The summed E-state index contributed by atoms with van der Waals surface area (Å²) in [7, 11) is 0. The number of thioether (sulfide) groups is 1. The molecule has 0 spiro atoms. The van der Waals surface area contributed by atoms with Crippen molar-refractivity contribution in [2.45, 2.75) is 6.92 Å². The van der Waals surface area contributed by atoms with Crippen LogP contribution >= 0.6 is 11.8 Å². The first-order valence-electron chi connectivity index (χ1n) is 8.43. The fraction of sp³-hybridized carbons (Fsp3) is 0.263. The third kappa shape index (κ3) is 4.65. The summed E-state index contributed by atoms with van der Waals surface area (Å²) in [4.78, 5) is 41.5. The lowest BCUT2D eigenvalue weighted by Gasteiger charge is -2.16. The molecule has 1 fully saturated rings. The van der Waals surface area contributed by atoms with Crippen LogP contribution in [0.2, 0.25) is 0 Å². The smallest absolute Gasteiger partial charge is 0.357 e. The van der Waals surface area contributed by atoms with Gasteiger partial charge in [0.1, 0.15) is 12.3 Å². The van der Waals surface area contributed by atoms with Crippen molar-refractivity contribution in [1.82, 2.24) is 9.88 Å². The number of aromatic nitrogens is 1. The fourth-order valence-electron chi connectivity index (χ4n) is 2.54. The molecule has 1 aliphatic heterocycles. The van der Waals surface area contributed by atoms with Gasteiger partial charge in [0.25, 0.3) is 0 Å². The van der Waals surface area contributed by atoms with E-state index in [1.807, 2.05) is 24.3 Å². The van der Waals surface area contributed by atoms with Gasteiger partial charge in [0.15, 0.2) is 0 Å². The third-order valence-electron chi connectivity index (χ3n) is 3.79. The topological polar surface area (TPSA) is 85.8 Å². The Labute approximate surface area is 160 Å². The van der Waals surface area contributed by atoms with Crippen molar-refractivity contribution in [3.63, 3.8) is 0 Å². The van der Waals surface area contributed by atoms with Gasteiger partial charge in [0.05, 0.1) is 35.5 Å². The molecule has 1 aromatic carbocycles. The van der Waals surface area contributed by atoms with Gasteiger partial charge in [-0.3, -0.25) is 4.79 Å². The summed E-state index contributed by atoms with van der Waals surface area (Å²) >= 11 is 1.25. The molecule has 2 aromatic rings. The number of fused-ring (bicyclic) bond motifs is 1. The highest BCUT2D eigenvalue weighted by molar-refractivity contribution is 8.04. The van der Waals surface area contributed by atoms with Crippen LogP contribution in [0.3, 0.4) is 0 Å². The van der Waals surface area contributed by atoms with E-state index in [2.05, 4.69) is 4.98 Å². The normalized spacial score (nSPS) is 15.4. The van der Waals surface area contributed by atoms with E-state index in [0.717, 1.165) is 5.39 Å². The second-order valence-electron chi connectivity index (χ2n) is 5.59. The number of esters is 2. The summed E-state index contributed by atoms with van der Waals surface area (Å²) in [5, 5.41) is 1.43. The van der Waals surface area contributed by atoms with Crippen molar-refractivity contribution in [3.05, 3.63) is 53.2 Å². The largest absolute Gasteiger partial charge is 0.463 e. The van der Waals surface area contributed by atoms with Crippen LogP contribution < -0.4 is 0 Å². The highest BCUT2D eigenvalue weighted by Crippen LogP contribution is 2.28. The van der Waals surface area contributed by atoms with Crippen molar-refractivity contribution in [2.24, 2.45) is 0 Å². The Hall–Kier alpha value is -2.87. The van der Waals surface area contributed by atoms with Crippen molar-refractivity contribution >= 4 is 40.5 Å². The van der Waals surface area contributed by atoms with Crippen LogP contribution in [-0.4, -0.2) is 53.2 Å². The molecule has 27 heavy (non-hydrogen) atoms. The molecule has 1 aliphatic rings. The van der Waals surface area contributed by atoms with E-state index < -0.39 is 11.9 Å². The maximum absolute atomic E-state index is 12.2. The van der Waals surface area contributed by atoms with Crippen molar-refractivity contribution in [3.8, 4) is 0 Å². The zero-order chi connectivity index (χ0) is 19.2. The van der Waals surface area contributed by atoms with Crippen LogP contribution in [0.4, 0.5) is 0 Å². The molecule has 0 bridgehead atoms. The Morgan fingerprint density at radius 3 is 2.85 bits per heavy atom. The maximum Gasteiger partial charge on any atom is 0.357 e. The van der Waals surface area contributed by atoms with Gasteiger partial charge in [0, 0.05) is 5.39 Å². The van der Waals surface area contributed by atoms with E-state index in [0.29, 0.717) is 10.5 Å². The highest BCUT2D eigenvalue weighted by atomic mass is 32.2. The number of ether oxygens (including phenoxy) is 2. The minimum Gasteiger partial charge on any atom is -0.463 e. The van der Waals surface area contributed by atoms with Crippen molar-refractivity contribution in [2.75, 3.05) is 25.5 Å². The average molecular weight is 386 g/mol. The first kappa shape index (κ1) is 18.9. The molecule has 7 nitrogen and oxygen atoms in total. The Morgan fingerprint density at radius 1 is 1.22 bits per heavy atom. The van der Waals surface area contributed by atoms with Gasteiger partial charge in [-0.15, -0.1) is 0 Å². The van der Waals surface area contributed by atoms with Gasteiger partial charge < -0.3 is 14.4 Å². The monoisotopic (exact) mass is 386 g/mol. The standard InChI is InChI=1S/C19H18N2O5S/c1-2-25-18(23)11-17-21(16(22)12-27-17)9-10-26-19(24)15-8-7-13-5-3-4-6-14(13)20-15/h3-8,11H,2,9-10,12H2,1H3/b17-11+. The van der Waals surface area contributed by atoms with Crippen molar-refractivity contribution < 1.29 is 23.9 Å². The molecule has 3 rings (SSSR count). The number of benzene rings is 1. The van der Waals surface area contributed by atoms with Crippen LogP contribution in [0.25, 0.3) is 10.9 Å². The van der Waals surface area contributed by atoms with Gasteiger partial charge in [0.2, 0.25) is 5.91 Å². The molecular weight excluding hydrogens is 368 g/mol. The second-order valence-corrected chi connectivity index (χ2v) is 6.59. The lowest BCUT2D eigenvalue weighted by molar-refractivity contribution is -0.137. The minimum absolute atomic E-state index is 0.000193. The summed E-state index contributed by atoms with van der Waals surface area (Å²) in [5.74, 6) is -0.964. The van der Waals surface area contributed by atoms with Gasteiger partial charge in [-0.1, -0.05) is 36.0 Å². The summed E-state index contributed by atoms with van der Waals surface area (Å²) in [5.41, 5.74) is 0.913. The SMILES string of the molecule is CCOC(=O)/C=C1/SCC(=O)N1CCOC(=O)c1ccc2ccccc2n1. The van der Waals surface area contributed by atoms with Gasteiger partial charge >= 0.3 is 11.9 Å². The van der Waals surface area contributed by atoms with Gasteiger partial charge in [-0.2, -0.15) is 0 Å². The van der Waals surface area contributed by atoms with Crippen LogP contribution in [0.15, 0.2) is 47.5 Å². The van der Waals surface area contributed by atoms with E-state index >= 15 is 0 Å². The molecule has 8 heteroatoms. The van der Waals surface area contributed by atoms with E-state index in [-0.39, 0.29) is 37.1 Å². The molecule has 0 N–H and O–H groups in total. The summed E-state index contributed by atoms with van der Waals surface area (Å²) in [6.45, 7) is 2.13. The molecule has 0 saturated carbocycles. The molecule has 2 heterocycles. The number of rotatable bonds is 6. The number of para-hydroxylation sites is 1. The van der Waals surface area contributed by atoms with Crippen LogP contribution in [-0.2, 0) is 19.1 Å². The number of amides is 1. The Morgan fingerprint density at radius 2 is 2.04 bits per heavy atom. The van der Waals surface area contributed by atoms with E-state index in [4.69, 9.17) is 9.47 Å². The molecule has 140 valence electrons. The Balaban J connectivity index is 1.59.